The molecule has 4 aromatic carbocycles. The number of carboxylic acids is 2. The SMILES string of the molecule is O=C(O)COc1c(C(=O)O)sc(-c2cccc(NC3CCN(S(=O)(=O)Cc4cccc(NC(=O)N5CCC(c6ccc7c8c(cccc68)C(=O)N7C6CCC(=O)NC6=O)CC5)c4)CC3)c2)c1C(F)(F)F. The molecule has 1 atom stereocenters. The zero-order valence-electron chi connectivity index (χ0n) is 37.1. The number of anilines is 3. The molecule has 4 aliphatic heterocycles. The molecule has 17 nitrogen and oxygen atoms in total. The summed E-state index contributed by atoms with van der Waals surface area (Å²) in [4.78, 5) is 76.6. The largest absolute Gasteiger partial charge is 0.479 e. The quantitative estimate of drug-likeness (QED) is 0.0730. The Morgan fingerprint density at radius 1 is 0.857 bits per heavy atom. The average Bonchev–Trinajstić information content (AvgIpc) is 3.86. The van der Waals surface area contributed by atoms with Crippen molar-refractivity contribution in [2.45, 2.75) is 68.5 Å². The van der Waals surface area contributed by atoms with Crippen molar-refractivity contribution in [1.29, 1.82) is 0 Å². The maximum absolute atomic E-state index is 14.3. The van der Waals surface area contributed by atoms with E-state index in [2.05, 4.69) is 16.0 Å². The lowest BCUT2D eigenvalue weighted by molar-refractivity contribution is -0.143. The van der Waals surface area contributed by atoms with Gasteiger partial charge < -0.3 is 30.5 Å². The number of ether oxygens (including phenoxy) is 1. The number of carbonyl (C=O) groups is 6. The Balaban J connectivity index is 0.789. The number of sulfonamides is 1. The Kier molecular flexibility index (Phi) is 13.1. The number of piperidine rings is 3. The minimum atomic E-state index is -5.08. The highest BCUT2D eigenvalue weighted by molar-refractivity contribution is 7.88. The predicted octanol–water partition coefficient (Wildman–Crippen LogP) is 7.33. The van der Waals surface area contributed by atoms with Crippen LogP contribution in [0.4, 0.5) is 35.0 Å². The number of thiophene rings is 1. The number of nitrogens with zero attached hydrogens (tertiary/aromatic N) is 3. The van der Waals surface area contributed by atoms with Gasteiger partial charge in [-0.15, -0.1) is 11.3 Å². The van der Waals surface area contributed by atoms with Crippen LogP contribution in [0.1, 0.15) is 81.2 Å². The molecule has 3 saturated heterocycles. The summed E-state index contributed by atoms with van der Waals surface area (Å²) in [5.74, 6) is -5.74. The summed E-state index contributed by atoms with van der Waals surface area (Å²) in [6.45, 7) is 0.0189. The molecule has 5 aromatic rings. The van der Waals surface area contributed by atoms with Gasteiger partial charge in [0.1, 0.15) is 11.6 Å². The van der Waals surface area contributed by atoms with Gasteiger partial charge in [0.2, 0.25) is 21.8 Å². The first-order chi connectivity index (χ1) is 33.4. The molecule has 0 bridgehead atoms. The topological polar surface area (TPSA) is 232 Å². The maximum atomic E-state index is 14.3. The maximum Gasteiger partial charge on any atom is 0.421 e. The number of benzene rings is 4. The molecule has 366 valence electrons. The Labute approximate surface area is 402 Å². The van der Waals surface area contributed by atoms with Crippen molar-refractivity contribution < 1.29 is 65.3 Å². The number of hydrogen-bond acceptors (Lipinski definition) is 11. The number of aromatic carboxylic acids is 1. The monoisotopic (exact) mass is 1000 g/mol. The minimum Gasteiger partial charge on any atom is -0.479 e. The van der Waals surface area contributed by atoms with E-state index in [9.17, 15) is 55.5 Å². The lowest BCUT2D eigenvalue weighted by atomic mass is 9.85. The van der Waals surface area contributed by atoms with Crippen LogP contribution >= 0.6 is 11.3 Å². The average molecular weight is 1000 g/mol. The van der Waals surface area contributed by atoms with E-state index >= 15 is 0 Å². The number of nitrogens with one attached hydrogen (secondary N) is 3. The highest BCUT2D eigenvalue weighted by Crippen LogP contribution is 2.50. The fraction of sp³-hybridized carbons (Fsp3) is 0.333. The van der Waals surface area contributed by atoms with E-state index in [4.69, 9.17) is 9.84 Å². The van der Waals surface area contributed by atoms with Crippen LogP contribution in [0.3, 0.4) is 0 Å². The molecular formula is C48H45F3N6O11S2. The normalized spacial score (nSPS) is 18.3. The van der Waals surface area contributed by atoms with Gasteiger partial charge in [-0.05, 0) is 96.5 Å². The molecule has 5 amide bonds. The Morgan fingerprint density at radius 3 is 2.27 bits per heavy atom. The first-order valence-electron chi connectivity index (χ1n) is 22.4. The van der Waals surface area contributed by atoms with Gasteiger partial charge in [0.05, 0.1) is 16.3 Å². The standard InChI is InChI=1S/C48H45F3N6O11S2/c49-48(50,51)40-41(68-24-38(59)60)43(46(63)64)69-42(40)28-5-2-7-31(23-28)52-29-16-20-56(21-17-29)70(66,67)25-26-4-1-6-30(22-26)53-47(65)55-18-14-27(15-19-55)32-10-11-35-39-33(32)8-3-9-34(39)45(62)57(35)36-12-13-37(58)54-44(36)61/h1-11,22-23,27,29,36,52H,12-21,24-25H2,(H,53,65)(H,59,60)(H,63,64)(H,54,58,61). The number of carboxylic acid groups (broad SMARTS) is 2. The summed E-state index contributed by atoms with van der Waals surface area (Å²) in [7, 11) is -3.82. The predicted molar refractivity (Wildman–Crippen MR) is 252 cm³/mol. The van der Waals surface area contributed by atoms with Crippen LogP contribution in [-0.2, 0) is 36.3 Å². The number of urea groups is 1. The summed E-state index contributed by atoms with van der Waals surface area (Å²) in [5.41, 5.74) is 2.10. The van der Waals surface area contributed by atoms with E-state index in [0.717, 1.165) is 16.3 Å². The van der Waals surface area contributed by atoms with Crippen LogP contribution in [-0.4, -0.2) is 108 Å². The number of imide groups is 1. The molecule has 70 heavy (non-hydrogen) atoms. The fourth-order valence-electron chi connectivity index (χ4n) is 9.81. The summed E-state index contributed by atoms with van der Waals surface area (Å²) < 4.78 is 76.5. The summed E-state index contributed by atoms with van der Waals surface area (Å²) >= 11 is 0.316. The highest BCUT2D eigenvalue weighted by atomic mass is 32.2. The highest BCUT2D eigenvalue weighted by Gasteiger charge is 2.44. The lowest BCUT2D eigenvalue weighted by Crippen LogP contribution is -2.53. The molecule has 9 rings (SSSR count). The van der Waals surface area contributed by atoms with Crippen molar-refractivity contribution in [3.05, 3.63) is 106 Å². The number of carbonyl (C=O) groups excluding carboxylic acids is 4. The van der Waals surface area contributed by atoms with Crippen molar-refractivity contribution >= 4 is 84.9 Å². The van der Waals surface area contributed by atoms with E-state index in [-0.39, 0.29) is 67.1 Å². The molecule has 5 N–H and O–H groups in total. The molecule has 22 heteroatoms. The third-order valence-corrected chi connectivity index (χ3v) is 16.1. The number of hydrogen-bond donors (Lipinski definition) is 5. The molecule has 0 radical (unpaired) electrons. The molecule has 0 saturated carbocycles. The van der Waals surface area contributed by atoms with E-state index < -0.39 is 67.8 Å². The van der Waals surface area contributed by atoms with Gasteiger partial charge >= 0.3 is 24.1 Å². The molecule has 0 spiro atoms. The second-order valence-corrected chi connectivity index (χ2v) is 20.5. The van der Waals surface area contributed by atoms with Gasteiger partial charge in [-0.3, -0.25) is 24.6 Å². The van der Waals surface area contributed by atoms with E-state index in [1.165, 1.54) is 27.4 Å². The molecular weight excluding hydrogens is 958 g/mol. The summed E-state index contributed by atoms with van der Waals surface area (Å²) in [6.07, 6.45) is -2.67. The molecule has 4 aliphatic rings. The molecule has 3 fully saturated rings. The Morgan fingerprint density at radius 2 is 1.57 bits per heavy atom. The summed E-state index contributed by atoms with van der Waals surface area (Å²) in [6, 6.07) is 20.5. The number of likely N-dealkylation sites (tertiary alicyclic amines) is 1. The number of halogens is 3. The molecule has 5 heterocycles. The number of aliphatic carboxylic acids is 1. The van der Waals surface area contributed by atoms with Crippen molar-refractivity contribution in [3.63, 3.8) is 0 Å². The van der Waals surface area contributed by atoms with Crippen LogP contribution in [0.5, 0.6) is 5.75 Å². The van der Waals surface area contributed by atoms with Crippen molar-refractivity contribution in [3.8, 4) is 16.2 Å². The molecule has 1 unspecified atom stereocenters. The van der Waals surface area contributed by atoms with Gasteiger partial charge in [0.25, 0.3) is 5.91 Å². The second kappa shape index (κ2) is 19.0. The first kappa shape index (κ1) is 48.0. The zero-order chi connectivity index (χ0) is 49.6. The number of amides is 5. The smallest absolute Gasteiger partial charge is 0.421 e. The molecule has 0 aliphatic carbocycles. The van der Waals surface area contributed by atoms with Gasteiger partial charge in [-0.1, -0.05) is 42.5 Å². The van der Waals surface area contributed by atoms with Crippen molar-refractivity contribution in [1.82, 2.24) is 14.5 Å². The van der Waals surface area contributed by atoms with Gasteiger partial charge in [0, 0.05) is 61.0 Å². The van der Waals surface area contributed by atoms with Gasteiger partial charge in [0.15, 0.2) is 17.2 Å². The Bertz CT molecular complexity index is 3070. The van der Waals surface area contributed by atoms with Gasteiger partial charge in [-0.2, -0.15) is 13.2 Å². The minimum absolute atomic E-state index is 0.0199. The second-order valence-electron chi connectivity index (χ2n) is 17.5. The van der Waals surface area contributed by atoms with Crippen LogP contribution in [0, 0.1) is 0 Å². The van der Waals surface area contributed by atoms with E-state index in [1.54, 1.807) is 41.3 Å². The Hall–Kier alpha value is -7.04. The zero-order valence-corrected chi connectivity index (χ0v) is 38.7. The number of alkyl halides is 3. The third-order valence-electron chi connectivity index (χ3n) is 13.1. The van der Waals surface area contributed by atoms with Crippen molar-refractivity contribution in [2.75, 3.05) is 48.3 Å². The van der Waals surface area contributed by atoms with Crippen molar-refractivity contribution in [2.24, 2.45) is 0 Å². The van der Waals surface area contributed by atoms with Crippen LogP contribution in [0.15, 0.2) is 78.9 Å². The van der Waals surface area contributed by atoms with Crippen LogP contribution in [0.25, 0.3) is 21.2 Å². The third kappa shape index (κ3) is 9.62. The van der Waals surface area contributed by atoms with E-state index in [0.29, 0.717) is 78.3 Å². The fourth-order valence-corrected chi connectivity index (χ4v) is 12.5. The van der Waals surface area contributed by atoms with E-state index in [1.807, 2.05) is 24.3 Å². The summed E-state index contributed by atoms with van der Waals surface area (Å²) in [5, 5.41) is 28.8. The lowest BCUT2D eigenvalue weighted by Gasteiger charge is -2.33. The van der Waals surface area contributed by atoms with Gasteiger partial charge in [-0.25, -0.2) is 27.1 Å². The van der Waals surface area contributed by atoms with Crippen LogP contribution in [0.2, 0.25) is 0 Å². The van der Waals surface area contributed by atoms with Crippen LogP contribution < -0.4 is 25.6 Å². The number of rotatable bonds is 13. The first-order valence-corrected chi connectivity index (χ1v) is 24.8. The molecule has 1 aromatic heterocycles.